The molecule has 20 heteroatoms. The standard InChI is InChI=1S/C55H65N7O13/c1-30(2)48(56)50(64)58-31(3)49(63)59-35-12-9-32(10-13-35)28-75-54(68)62-40-24-47(45(72-7)22-38(40)52(66)61-29-55(15-16-55)25-41(61)53(62)67)74-18-8-17-73-46-23-39-37(21-44(46)71-6)51(65)60-27-34(19-36(60)26-57-39)33-11-14-42(69-4)43(20-33)70-5/h9-14,20-24,27,30-31,36,41,48,53,57,67H,8,15-19,25-26,28-29,56H2,1-7H3,(H,58,64)(H,59,63)/t31-,36-,41-,48-,53?/m0/s1. The van der Waals surface area contributed by atoms with Crippen LogP contribution in [-0.4, -0.2) is 130 Å². The molecule has 1 spiro atoms. The van der Waals surface area contributed by atoms with Gasteiger partial charge in [0.15, 0.2) is 40.7 Å². The molecule has 5 aliphatic rings. The van der Waals surface area contributed by atoms with Crippen LogP contribution in [0.2, 0.25) is 0 Å². The van der Waals surface area contributed by atoms with E-state index in [1.54, 1.807) is 67.3 Å². The summed E-state index contributed by atoms with van der Waals surface area (Å²) in [5, 5.41) is 20.9. The zero-order valence-corrected chi connectivity index (χ0v) is 43.2. The zero-order chi connectivity index (χ0) is 53.3. The summed E-state index contributed by atoms with van der Waals surface area (Å²) in [6, 6.07) is 16.4. The third kappa shape index (κ3) is 10.7. The van der Waals surface area contributed by atoms with Gasteiger partial charge in [-0.15, -0.1) is 0 Å². The number of rotatable bonds is 18. The van der Waals surface area contributed by atoms with Gasteiger partial charge in [0.2, 0.25) is 11.8 Å². The lowest BCUT2D eigenvalue weighted by atomic mass is 10.0. The lowest BCUT2D eigenvalue weighted by Crippen LogP contribution is -2.50. The number of methoxy groups -OCH3 is 4. The highest BCUT2D eigenvalue weighted by Gasteiger charge is 2.58. The number of carbonyl (C=O) groups excluding carboxylic acids is 5. The van der Waals surface area contributed by atoms with E-state index >= 15 is 0 Å². The van der Waals surface area contributed by atoms with Crippen molar-refractivity contribution in [2.75, 3.05) is 70.3 Å². The van der Waals surface area contributed by atoms with Crippen LogP contribution >= 0.6 is 0 Å². The molecule has 398 valence electrons. The molecule has 6 N–H and O–H groups in total. The highest BCUT2D eigenvalue weighted by molar-refractivity contribution is 6.06. The third-order valence-corrected chi connectivity index (χ3v) is 14.7. The number of benzene rings is 4. The van der Waals surface area contributed by atoms with Crippen LogP contribution in [0.15, 0.2) is 72.9 Å². The second-order valence-corrected chi connectivity index (χ2v) is 20.0. The molecular weight excluding hydrogens is 967 g/mol. The molecule has 0 aromatic heterocycles. The molecule has 1 saturated carbocycles. The molecule has 5 amide bonds. The number of ether oxygens (including phenoxy) is 7. The van der Waals surface area contributed by atoms with Crippen LogP contribution in [0.5, 0.6) is 34.5 Å². The average Bonchev–Trinajstić information content (AvgIpc) is 3.92. The van der Waals surface area contributed by atoms with E-state index < -0.39 is 42.3 Å². The Labute approximate surface area is 435 Å². The first kappa shape index (κ1) is 52.2. The topological polar surface area (TPSA) is 242 Å². The van der Waals surface area contributed by atoms with Gasteiger partial charge in [-0.1, -0.05) is 32.0 Å². The fourth-order valence-electron chi connectivity index (χ4n) is 10.1. The Bertz CT molecular complexity index is 2890. The number of hydrogen-bond donors (Lipinski definition) is 5. The first-order chi connectivity index (χ1) is 36.0. The van der Waals surface area contributed by atoms with E-state index in [-0.39, 0.29) is 71.8 Å². The maximum Gasteiger partial charge on any atom is 0.416 e. The Morgan fingerprint density at radius 2 is 1.45 bits per heavy atom. The van der Waals surface area contributed by atoms with E-state index in [0.29, 0.717) is 77.9 Å². The van der Waals surface area contributed by atoms with Crippen molar-refractivity contribution < 1.29 is 62.2 Å². The molecule has 4 aromatic rings. The number of nitrogens with two attached hydrogens (primary N) is 1. The summed E-state index contributed by atoms with van der Waals surface area (Å²) in [6.45, 7) is 6.27. The third-order valence-electron chi connectivity index (χ3n) is 14.7. The predicted molar refractivity (Wildman–Crippen MR) is 277 cm³/mol. The van der Waals surface area contributed by atoms with Crippen molar-refractivity contribution in [3.05, 3.63) is 95.2 Å². The average molecular weight is 1030 g/mol. The smallest absolute Gasteiger partial charge is 0.416 e. The van der Waals surface area contributed by atoms with Crippen LogP contribution < -0.4 is 55.0 Å². The summed E-state index contributed by atoms with van der Waals surface area (Å²) in [5.41, 5.74) is 10.1. The predicted octanol–water partition coefficient (Wildman–Crippen LogP) is 6.15. The largest absolute Gasteiger partial charge is 0.493 e. The minimum atomic E-state index is -1.44. The molecule has 0 bridgehead atoms. The molecule has 1 saturated heterocycles. The Hall–Kier alpha value is -7.71. The van der Waals surface area contributed by atoms with Crippen LogP contribution in [0, 0.1) is 11.3 Å². The summed E-state index contributed by atoms with van der Waals surface area (Å²) < 4.78 is 40.7. The van der Waals surface area contributed by atoms with Crippen molar-refractivity contribution in [3.8, 4) is 34.5 Å². The van der Waals surface area contributed by atoms with Gasteiger partial charge in [-0.3, -0.25) is 19.2 Å². The molecule has 4 aliphatic heterocycles. The van der Waals surface area contributed by atoms with Crippen molar-refractivity contribution in [2.24, 2.45) is 17.1 Å². The molecule has 4 heterocycles. The molecule has 2 fully saturated rings. The van der Waals surface area contributed by atoms with E-state index in [1.807, 2.05) is 38.2 Å². The molecule has 75 heavy (non-hydrogen) atoms. The first-order valence-electron chi connectivity index (χ1n) is 25.2. The fraction of sp³-hybridized carbons (Fsp3) is 0.436. The second kappa shape index (κ2) is 21.6. The number of hydrogen-bond acceptors (Lipinski definition) is 15. The first-order valence-corrected chi connectivity index (χ1v) is 25.2. The summed E-state index contributed by atoms with van der Waals surface area (Å²) in [7, 11) is 6.15. The van der Waals surface area contributed by atoms with Gasteiger partial charge < -0.3 is 69.7 Å². The number of nitrogens with one attached hydrogen (secondary N) is 3. The lowest BCUT2D eigenvalue weighted by Gasteiger charge is -2.31. The molecule has 1 aliphatic carbocycles. The van der Waals surface area contributed by atoms with Crippen LogP contribution in [0.4, 0.5) is 21.9 Å². The SMILES string of the molecule is COc1ccc(C2=CN3C(=O)c4cc(OC)c(OCCCOc5cc6c(cc5OC)C(=O)N5CC7(CC7)C[C@H]5C(O)N6C(=O)OCc5ccc(NC(=O)[C@H](C)NC(=O)[C@@H](N)C(C)C)cc5)cc4NC[C@@H]3C2)cc1OC. The van der Waals surface area contributed by atoms with E-state index in [4.69, 9.17) is 38.9 Å². The summed E-state index contributed by atoms with van der Waals surface area (Å²) in [6.07, 6.45) is 2.95. The zero-order valence-electron chi connectivity index (χ0n) is 43.2. The van der Waals surface area contributed by atoms with Gasteiger partial charge in [0.05, 0.1) is 82.3 Å². The molecular formula is C55H65N7O13. The van der Waals surface area contributed by atoms with E-state index in [1.165, 1.54) is 26.4 Å². The number of anilines is 3. The number of aliphatic hydroxyl groups is 1. The normalized spacial score (nSPS) is 19.7. The Morgan fingerprint density at radius 3 is 2.11 bits per heavy atom. The number of nitrogens with zero attached hydrogens (tertiary/aromatic N) is 3. The lowest BCUT2D eigenvalue weighted by molar-refractivity contribution is -0.127. The van der Waals surface area contributed by atoms with Crippen molar-refractivity contribution in [1.82, 2.24) is 15.1 Å². The number of amides is 5. The van der Waals surface area contributed by atoms with Crippen LogP contribution in [0.1, 0.15) is 84.7 Å². The van der Waals surface area contributed by atoms with Crippen LogP contribution in [0.25, 0.3) is 5.57 Å². The van der Waals surface area contributed by atoms with Gasteiger partial charge in [0.25, 0.3) is 11.8 Å². The molecule has 0 radical (unpaired) electrons. The summed E-state index contributed by atoms with van der Waals surface area (Å²) in [4.78, 5) is 72.4. The maximum atomic E-state index is 14.4. The van der Waals surface area contributed by atoms with Crippen LogP contribution in [0.3, 0.4) is 0 Å². The quantitative estimate of drug-likeness (QED) is 0.0703. The Kier molecular flexibility index (Phi) is 15.0. The molecule has 1 unspecified atom stereocenters. The van der Waals surface area contributed by atoms with Crippen molar-refractivity contribution >= 4 is 52.4 Å². The molecule has 20 nitrogen and oxygen atoms in total. The molecule has 4 aromatic carbocycles. The highest BCUT2D eigenvalue weighted by atomic mass is 16.6. The minimum absolute atomic E-state index is 0.0991. The summed E-state index contributed by atoms with van der Waals surface area (Å²) in [5.74, 6) is 1.03. The van der Waals surface area contributed by atoms with Gasteiger partial charge in [-0.25, -0.2) is 9.69 Å². The van der Waals surface area contributed by atoms with Gasteiger partial charge in [-0.2, -0.15) is 0 Å². The second-order valence-electron chi connectivity index (χ2n) is 20.0. The molecule has 5 atom stereocenters. The Morgan fingerprint density at radius 1 is 0.800 bits per heavy atom. The number of carbonyl (C=O) groups is 5. The minimum Gasteiger partial charge on any atom is -0.493 e. The monoisotopic (exact) mass is 1030 g/mol. The van der Waals surface area contributed by atoms with Gasteiger partial charge in [-0.05, 0) is 97.0 Å². The van der Waals surface area contributed by atoms with E-state index in [2.05, 4.69) is 16.0 Å². The van der Waals surface area contributed by atoms with Crippen molar-refractivity contribution in [2.45, 2.75) is 89.9 Å². The van der Waals surface area contributed by atoms with Crippen LogP contribution in [-0.2, 0) is 20.9 Å². The van der Waals surface area contributed by atoms with Gasteiger partial charge in [0.1, 0.15) is 12.6 Å². The molecule has 9 rings (SSSR count). The van der Waals surface area contributed by atoms with Crippen molar-refractivity contribution in [3.63, 3.8) is 0 Å². The fourth-order valence-corrected chi connectivity index (χ4v) is 10.1. The summed E-state index contributed by atoms with van der Waals surface area (Å²) >= 11 is 0. The highest BCUT2D eigenvalue weighted by Crippen LogP contribution is 2.57. The van der Waals surface area contributed by atoms with E-state index in [9.17, 15) is 29.1 Å². The van der Waals surface area contributed by atoms with Gasteiger partial charge >= 0.3 is 6.09 Å². The maximum absolute atomic E-state index is 14.4. The van der Waals surface area contributed by atoms with E-state index in [0.717, 1.165) is 28.9 Å². The van der Waals surface area contributed by atoms with Gasteiger partial charge in [0, 0.05) is 43.5 Å². The Balaban J connectivity index is 0.857. The number of fused-ring (bicyclic) bond motifs is 4. The number of aliphatic hydroxyl groups excluding tert-OH is 1. The van der Waals surface area contributed by atoms with Crippen molar-refractivity contribution in [1.29, 1.82) is 0 Å².